The SMILES string of the molecule is CC(C(=O)NN)c1ccc(COC2CCCCCC2)cc1. The first-order chi connectivity index (χ1) is 10.2. The van der Waals surface area contributed by atoms with Gasteiger partial charge in [-0.15, -0.1) is 0 Å². The second-order valence-corrected chi connectivity index (χ2v) is 5.90. The van der Waals surface area contributed by atoms with Crippen LogP contribution in [0.4, 0.5) is 0 Å². The van der Waals surface area contributed by atoms with Gasteiger partial charge in [-0.05, 0) is 30.9 Å². The summed E-state index contributed by atoms with van der Waals surface area (Å²) in [6.45, 7) is 2.50. The highest BCUT2D eigenvalue weighted by molar-refractivity contribution is 5.82. The van der Waals surface area contributed by atoms with E-state index in [9.17, 15) is 4.79 Å². The normalized spacial score (nSPS) is 18.0. The Morgan fingerprint density at radius 1 is 1.24 bits per heavy atom. The molecule has 1 aliphatic carbocycles. The van der Waals surface area contributed by atoms with Gasteiger partial charge in [-0.2, -0.15) is 0 Å². The molecule has 4 heteroatoms. The molecule has 0 aliphatic heterocycles. The molecule has 4 nitrogen and oxygen atoms in total. The van der Waals surface area contributed by atoms with Gasteiger partial charge in [-0.3, -0.25) is 10.2 Å². The molecule has 1 aromatic rings. The summed E-state index contributed by atoms with van der Waals surface area (Å²) >= 11 is 0. The number of carbonyl (C=O) groups is 1. The Bertz CT molecular complexity index is 437. The van der Waals surface area contributed by atoms with Gasteiger partial charge in [0.2, 0.25) is 5.91 Å². The zero-order valence-electron chi connectivity index (χ0n) is 12.8. The van der Waals surface area contributed by atoms with Crippen molar-refractivity contribution in [3.8, 4) is 0 Å². The summed E-state index contributed by atoms with van der Waals surface area (Å²) in [5.74, 6) is 4.76. The van der Waals surface area contributed by atoms with E-state index < -0.39 is 0 Å². The number of rotatable bonds is 5. The summed E-state index contributed by atoms with van der Waals surface area (Å²) in [5.41, 5.74) is 4.31. The molecular formula is C17H26N2O2. The van der Waals surface area contributed by atoms with Crippen molar-refractivity contribution in [1.82, 2.24) is 5.43 Å². The highest BCUT2D eigenvalue weighted by atomic mass is 16.5. The van der Waals surface area contributed by atoms with Crippen molar-refractivity contribution >= 4 is 5.91 Å². The Morgan fingerprint density at radius 3 is 2.43 bits per heavy atom. The second kappa shape index (κ2) is 8.15. The molecule has 1 aromatic carbocycles. The summed E-state index contributed by atoms with van der Waals surface area (Å²) in [5, 5.41) is 0. The predicted octanol–water partition coefficient (Wildman–Crippen LogP) is 3.02. The second-order valence-electron chi connectivity index (χ2n) is 5.90. The topological polar surface area (TPSA) is 64.4 Å². The third-order valence-electron chi connectivity index (χ3n) is 4.30. The molecule has 1 atom stereocenters. The van der Waals surface area contributed by atoms with Crippen molar-refractivity contribution in [2.24, 2.45) is 5.84 Å². The molecule has 0 radical (unpaired) electrons. The molecule has 116 valence electrons. The Balaban J connectivity index is 1.85. The molecule has 0 aromatic heterocycles. The number of nitrogens with one attached hydrogen (secondary N) is 1. The number of ether oxygens (including phenoxy) is 1. The number of hydrazine groups is 1. The monoisotopic (exact) mass is 290 g/mol. The molecule has 3 N–H and O–H groups in total. The molecule has 2 rings (SSSR count). The summed E-state index contributed by atoms with van der Waals surface area (Å²) in [6.07, 6.45) is 8.04. The van der Waals surface area contributed by atoms with Crippen LogP contribution in [0.2, 0.25) is 0 Å². The molecule has 0 heterocycles. The lowest BCUT2D eigenvalue weighted by atomic mass is 9.99. The summed E-state index contributed by atoms with van der Waals surface area (Å²) in [6, 6.07) is 8.02. The Kier molecular flexibility index (Phi) is 6.21. The Morgan fingerprint density at radius 2 is 1.86 bits per heavy atom. The third-order valence-corrected chi connectivity index (χ3v) is 4.30. The summed E-state index contributed by atoms with van der Waals surface area (Å²) in [7, 11) is 0. The lowest BCUT2D eigenvalue weighted by molar-refractivity contribution is -0.122. The van der Waals surface area contributed by atoms with Crippen molar-refractivity contribution < 1.29 is 9.53 Å². The van der Waals surface area contributed by atoms with Crippen LogP contribution in [-0.4, -0.2) is 12.0 Å². The average Bonchev–Trinajstić information content (AvgIpc) is 2.80. The van der Waals surface area contributed by atoms with E-state index in [0.29, 0.717) is 12.7 Å². The van der Waals surface area contributed by atoms with Crippen LogP contribution in [0.1, 0.15) is 62.5 Å². The van der Waals surface area contributed by atoms with E-state index in [0.717, 1.165) is 11.1 Å². The molecule has 1 amide bonds. The maximum absolute atomic E-state index is 11.5. The smallest absolute Gasteiger partial charge is 0.241 e. The van der Waals surface area contributed by atoms with Crippen molar-refractivity contribution in [3.05, 3.63) is 35.4 Å². The Labute approximate surface area is 127 Å². The first kappa shape index (κ1) is 16.0. The average molecular weight is 290 g/mol. The molecular weight excluding hydrogens is 264 g/mol. The predicted molar refractivity (Wildman–Crippen MR) is 83.5 cm³/mol. The van der Waals surface area contributed by atoms with E-state index >= 15 is 0 Å². The van der Waals surface area contributed by atoms with Crippen LogP contribution < -0.4 is 11.3 Å². The lowest BCUT2D eigenvalue weighted by Gasteiger charge is -2.16. The fraction of sp³-hybridized carbons (Fsp3) is 0.588. The molecule has 0 saturated heterocycles. The number of benzene rings is 1. The van der Waals surface area contributed by atoms with E-state index in [1.165, 1.54) is 38.5 Å². The summed E-state index contributed by atoms with van der Waals surface area (Å²) in [4.78, 5) is 11.5. The minimum absolute atomic E-state index is 0.169. The van der Waals surface area contributed by atoms with Crippen LogP contribution in [0.15, 0.2) is 24.3 Å². The van der Waals surface area contributed by atoms with Gasteiger partial charge in [0.05, 0.1) is 18.6 Å². The van der Waals surface area contributed by atoms with Gasteiger partial charge in [0.1, 0.15) is 0 Å². The number of hydrogen-bond acceptors (Lipinski definition) is 3. The van der Waals surface area contributed by atoms with Crippen molar-refractivity contribution in [2.45, 2.75) is 64.1 Å². The van der Waals surface area contributed by atoms with Crippen molar-refractivity contribution in [3.63, 3.8) is 0 Å². The maximum atomic E-state index is 11.5. The first-order valence-corrected chi connectivity index (χ1v) is 7.91. The van der Waals surface area contributed by atoms with Crippen LogP contribution in [-0.2, 0) is 16.1 Å². The van der Waals surface area contributed by atoms with Crippen LogP contribution in [0.25, 0.3) is 0 Å². The van der Waals surface area contributed by atoms with Gasteiger partial charge in [0, 0.05) is 0 Å². The molecule has 1 unspecified atom stereocenters. The quantitative estimate of drug-likeness (QED) is 0.379. The van der Waals surface area contributed by atoms with Gasteiger partial charge in [0.25, 0.3) is 0 Å². The standard InChI is InChI=1S/C17H26N2O2/c1-13(17(20)19-18)15-10-8-14(9-11-15)12-21-16-6-4-2-3-5-7-16/h8-11,13,16H,2-7,12,18H2,1H3,(H,19,20). The maximum Gasteiger partial charge on any atom is 0.241 e. The molecule has 1 saturated carbocycles. The number of amides is 1. The molecule has 0 bridgehead atoms. The number of carbonyl (C=O) groups excluding carboxylic acids is 1. The highest BCUT2D eigenvalue weighted by Gasteiger charge is 2.14. The zero-order chi connectivity index (χ0) is 15.1. The molecule has 1 fully saturated rings. The van der Waals surface area contributed by atoms with Crippen LogP contribution >= 0.6 is 0 Å². The van der Waals surface area contributed by atoms with Crippen LogP contribution in [0.3, 0.4) is 0 Å². The van der Waals surface area contributed by atoms with Gasteiger partial charge in [0.15, 0.2) is 0 Å². The van der Waals surface area contributed by atoms with E-state index in [-0.39, 0.29) is 11.8 Å². The third kappa shape index (κ3) is 4.83. The van der Waals surface area contributed by atoms with Crippen LogP contribution in [0, 0.1) is 0 Å². The first-order valence-electron chi connectivity index (χ1n) is 7.91. The molecule has 21 heavy (non-hydrogen) atoms. The minimum Gasteiger partial charge on any atom is -0.374 e. The fourth-order valence-electron chi connectivity index (χ4n) is 2.80. The van der Waals surface area contributed by atoms with E-state index in [2.05, 4.69) is 5.43 Å². The highest BCUT2D eigenvalue weighted by Crippen LogP contribution is 2.21. The van der Waals surface area contributed by atoms with Crippen molar-refractivity contribution in [2.75, 3.05) is 0 Å². The molecule has 1 aliphatic rings. The van der Waals surface area contributed by atoms with E-state index in [1.807, 2.05) is 31.2 Å². The Hall–Kier alpha value is -1.39. The van der Waals surface area contributed by atoms with Gasteiger partial charge < -0.3 is 4.74 Å². The van der Waals surface area contributed by atoms with Gasteiger partial charge >= 0.3 is 0 Å². The van der Waals surface area contributed by atoms with Gasteiger partial charge in [-0.25, -0.2) is 5.84 Å². The largest absolute Gasteiger partial charge is 0.374 e. The summed E-state index contributed by atoms with van der Waals surface area (Å²) < 4.78 is 6.02. The zero-order valence-corrected chi connectivity index (χ0v) is 12.8. The minimum atomic E-state index is -0.230. The lowest BCUT2D eigenvalue weighted by Crippen LogP contribution is -2.33. The number of nitrogens with two attached hydrogens (primary N) is 1. The number of hydrogen-bond donors (Lipinski definition) is 2. The molecule has 0 spiro atoms. The van der Waals surface area contributed by atoms with Crippen LogP contribution in [0.5, 0.6) is 0 Å². The van der Waals surface area contributed by atoms with E-state index in [4.69, 9.17) is 10.6 Å². The van der Waals surface area contributed by atoms with Gasteiger partial charge in [-0.1, -0.05) is 49.9 Å². The fourth-order valence-corrected chi connectivity index (χ4v) is 2.80. The van der Waals surface area contributed by atoms with Crippen molar-refractivity contribution in [1.29, 1.82) is 0 Å². The van der Waals surface area contributed by atoms with E-state index in [1.54, 1.807) is 0 Å².